The fourth-order valence-corrected chi connectivity index (χ4v) is 5.76. The van der Waals surface area contributed by atoms with Crippen molar-refractivity contribution in [2.75, 3.05) is 11.1 Å². The number of nitriles is 1. The number of anilines is 1. The highest BCUT2D eigenvalue weighted by molar-refractivity contribution is 7.99. The lowest BCUT2D eigenvalue weighted by atomic mass is 9.96. The van der Waals surface area contributed by atoms with E-state index < -0.39 is 0 Å². The fourth-order valence-electron chi connectivity index (χ4n) is 3.75. The predicted molar refractivity (Wildman–Crippen MR) is 125 cm³/mol. The lowest BCUT2D eigenvalue weighted by Crippen LogP contribution is -2.14. The second kappa shape index (κ2) is 9.50. The molecule has 8 heteroatoms. The highest BCUT2D eigenvalue weighted by Gasteiger charge is 2.22. The Labute approximate surface area is 190 Å². The average Bonchev–Trinajstić information content (AvgIpc) is 3.33. The lowest BCUT2D eigenvalue weighted by Gasteiger charge is -2.09. The Kier molecular flexibility index (Phi) is 6.54. The molecule has 0 atom stereocenters. The van der Waals surface area contributed by atoms with E-state index in [1.807, 2.05) is 29.7 Å². The van der Waals surface area contributed by atoms with Gasteiger partial charge in [0.1, 0.15) is 11.1 Å². The van der Waals surface area contributed by atoms with Gasteiger partial charge in [-0.1, -0.05) is 41.6 Å². The predicted octanol–water partition coefficient (Wildman–Crippen LogP) is 4.98. The first-order valence-electron chi connectivity index (χ1n) is 10.2. The van der Waals surface area contributed by atoms with Crippen molar-refractivity contribution in [2.45, 2.75) is 44.3 Å². The average molecular weight is 450 g/mol. The largest absolute Gasteiger partial charge is 0.316 e. The summed E-state index contributed by atoms with van der Waals surface area (Å²) in [6, 6.07) is 10.4. The van der Waals surface area contributed by atoms with Crippen molar-refractivity contribution in [3.8, 4) is 17.5 Å². The number of amides is 1. The van der Waals surface area contributed by atoms with E-state index in [1.54, 1.807) is 17.4 Å². The van der Waals surface area contributed by atoms with E-state index in [-0.39, 0.29) is 11.7 Å². The quantitative estimate of drug-likeness (QED) is 0.406. The number of benzene rings is 1. The summed E-state index contributed by atoms with van der Waals surface area (Å²) in [5, 5.41) is 22.5. The van der Waals surface area contributed by atoms with Crippen LogP contribution >= 0.6 is 23.1 Å². The van der Waals surface area contributed by atoms with Gasteiger partial charge in [0.05, 0.1) is 11.3 Å². The molecule has 0 bridgehead atoms. The molecule has 1 aliphatic rings. The van der Waals surface area contributed by atoms with E-state index in [9.17, 15) is 10.1 Å². The zero-order valence-corrected chi connectivity index (χ0v) is 19.0. The van der Waals surface area contributed by atoms with Crippen LogP contribution in [0.4, 0.5) is 5.00 Å². The van der Waals surface area contributed by atoms with Crippen molar-refractivity contribution in [1.29, 1.82) is 5.26 Å². The maximum absolute atomic E-state index is 12.6. The first-order chi connectivity index (χ1) is 15.1. The normalized spacial score (nSPS) is 12.8. The molecule has 1 aliphatic carbocycles. The Morgan fingerprint density at radius 1 is 1.39 bits per heavy atom. The van der Waals surface area contributed by atoms with E-state index in [4.69, 9.17) is 0 Å². The summed E-state index contributed by atoms with van der Waals surface area (Å²) >= 11 is 2.87. The van der Waals surface area contributed by atoms with Crippen LogP contribution in [0.3, 0.4) is 0 Å². The standard InChI is InChI=1S/C23H23N5OS2/c1-3-11-28-21(16-8-6-7-15(2)12-16)26-27-23(28)30-14-20(29)25-22-18(13-24)17-9-4-5-10-19(17)31-22/h3,6-8,12H,1,4-5,9-11,14H2,2H3,(H,25,29). The van der Waals surface area contributed by atoms with Gasteiger partial charge in [0.2, 0.25) is 5.91 Å². The summed E-state index contributed by atoms with van der Waals surface area (Å²) in [4.78, 5) is 13.9. The number of aryl methyl sites for hydroxylation is 2. The summed E-state index contributed by atoms with van der Waals surface area (Å²) in [7, 11) is 0. The van der Waals surface area contributed by atoms with E-state index in [1.165, 1.54) is 16.6 Å². The monoisotopic (exact) mass is 449 g/mol. The Morgan fingerprint density at radius 3 is 3.00 bits per heavy atom. The van der Waals surface area contributed by atoms with Crippen LogP contribution in [0.1, 0.15) is 34.4 Å². The summed E-state index contributed by atoms with van der Waals surface area (Å²) < 4.78 is 1.96. The third-order valence-corrected chi connectivity index (χ3v) is 7.35. The summed E-state index contributed by atoms with van der Waals surface area (Å²) in [5.74, 6) is 0.797. The number of thioether (sulfide) groups is 1. The van der Waals surface area contributed by atoms with Crippen molar-refractivity contribution in [3.05, 3.63) is 58.5 Å². The van der Waals surface area contributed by atoms with Gasteiger partial charge in [0.25, 0.3) is 0 Å². The summed E-state index contributed by atoms with van der Waals surface area (Å²) in [6.07, 6.45) is 5.95. The molecule has 6 nitrogen and oxygen atoms in total. The molecule has 0 saturated carbocycles. The van der Waals surface area contributed by atoms with E-state index >= 15 is 0 Å². The molecule has 31 heavy (non-hydrogen) atoms. The van der Waals surface area contributed by atoms with Crippen molar-refractivity contribution in [2.24, 2.45) is 0 Å². The van der Waals surface area contributed by atoms with Crippen LogP contribution in [0, 0.1) is 18.3 Å². The van der Waals surface area contributed by atoms with Gasteiger partial charge in [0, 0.05) is 17.0 Å². The van der Waals surface area contributed by atoms with Gasteiger partial charge in [-0.15, -0.1) is 28.1 Å². The van der Waals surface area contributed by atoms with Crippen LogP contribution in [-0.4, -0.2) is 26.4 Å². The zero-order chi connectivity index (χ0) is 21.8. The fraction of sp³-hybridized carbons (Fsp3) is 0.304. The molecule has 1 N–H and O–H groups in total. The Morgan fingerprint density at radius 2 is 2.23 bits per heavy atom. The van der Waals surface area contributed by atoms with E-state index in [2.05, 4.69) is 34.2 Å². The number of aromatic nitrogens is 3. The van der Waals surface area contributed by atoms with Crippen LogP contribution < -0.4 is 5.32 Å². The molecule has 1 amide bonds. The highest BCUT2D eigenvalue weighted by atomic mass is 32.2. The minimum atomic E-state index is -0.148. The smallest absolute Gasteiger partial charge is 0.235 e. The SMILES string of the molecule is C=CCn1c(SCC(=O)Nc2sc3c(c2C#N)CCCC3)nnc1-c1cccc(C)c1. The van der Waals surface area contributed by atoms with Crippen LogP contribution in [0.5, 0.6) is 0 Å². The molecule has 0 saturated heterocycles. The Hall–Kier alpha value is -2.89. The molecule has 4 rings (SSSR count). The molecular formula is C23H23N5OS2. The molecule has 2 heterocycles. The topological polar surface area (TPSA) is 83.6 Å². The number of carbonyl (C=O) groups excluding carboxylic acids is 1. The molecule has 0 unspecified atom stereocenters. The van der Waals surface area contributed by atoms with Gasteiger partial charge in [-0.05, 0) is 44.2 Å². The minimum Gasteiger partial charge on any atom is -0.316 e. The zero-order valence-electron chi connectivity index (χ0n) is 17.4. The lowest BCUT2D eigenvalue weighted by molar-refractivity contribution is -0.113. The van der Waals surface area contributed by atoms with Crippen LogP contribution in [-0.2, 0) is 24.2 Å². The first kappa shape index (κ1) is 21.3. The van der Waals surface area contributed by atoms with Gasteiger partial charge >= 0.3 is 0 Å². The third-order valence-electron chi connectivity index (χ3n) is 5.17. The molecular weight excluding hydrogens is 426 g/mol. The van der Waals surface area contributed by atoms with Crippen LogP contribution in [0.25, 0.3) is 11.4 Å². The number of rotatable bonds is 7. The number of thiophene rings is 1. The number of allylic oxidation sites excluding steroid dienone is 1. The van der Waals surface area contributed by atoms with Crippen molar-refractivity contribution >= 4 is 34.0 Å². The van der Waals surface area contributed by atoms with Gasteiger partial charge < -0.3 is 5.32 Å². The molecule has 2 aromatic heterocycles. The number of nitrogens with one attached hydrogen (secondary N) is 1. The first-order valence-corrected chi connectivity index (χ1v) is 12.0. The number of hydrogen-bond donors (Lipinski definition) is 1. The maximum Gasteiger partial charge on any atom is 0.235 e. The molecule has 0 radical (unpaired) electrons. The van der Waals surface area contributed by atoms with Crippen molar-refractivity contribution in [3.63, 3.8) is 0 Å². The Bertz CT molecular complexity index is 1170. The van der Waals surface area contributed by atoms with Gasteiger partial charge in [-0.3, -0.25) is 9.36 Å². The molecule has 0 fully saturated rings. The minimum absolute atomic E-state index is 0.148. The highest BCUT2D eigenvalue weighted by Crippen LogP contribution is 2.37. The molecule has 1 aromatic carbocycles. The van der Waals surface area contributed by atoms with Crippen LogP contribution in [0.2, 0.25) is 0 Å². The summed E-state index contributed by atoms with van der Waals surface area (Å²) in [5.41, 5.74) is 3.88. The molecule has 0 spiro atoms. The number of carbonyl (C=O) groups is 1. The van der Waals surface area contributed by atoms with E-state index in [0.29, 0.717) is 22.3 Å². The number of fused-ring (bicyclic) bond motifs is 1. The summed E-state index contributed by atoms with van der Waals surface area (Å²) in [6.45, 7) is 6.43. The number of nitrogens with zero attached hydrogens (tertiary/aromatic N) is 4. The molecule has 158 valence electrons. The second-order valence-electron chi connectivity index (χ2n) is 7.44. The van der Waals surface area contributed by atoms with Crippen molar-refractivity contribution in [1.82, 2.24) is 14.8 Å². The van der Waals surface area contributed by atoms with Gasteiger partial charge in [0.15, 0.2) is 11.0 Å². The second-order valence-corrected chi connectivity index (χ2v) is 9.49. The van der Waals surface area contributed by atoms with Crippen molar-refractivity contribution < 1.29 is 4.79 Å². The third kappa shape index (κ3) is 4.58. The van der Waals surface area contributed by atoms with Gasteiger partial charge in [-0.2, -0.15) is 5.26 Å². The van der Waals surface area contributed by atoms with Gasteiger partial charge in [-0.25, -0.2) is 0 Å². The van der Waals surface area contributed by atoms with Crippen LogP contribution in [0.15, 0.2) is 42.1 Å². The molecule has 0 aliphatic heterocycles. The Balaban J connectivity index is 1.48. The van der Waals surface area contributed by atoms with E-state index in [0.717, 1.165) is 48.2 Å². The number of hydrogen-bond acceptors (Lipinski definition) is 6. The molecule has 3 aromatic rings. The maximum atomic E-state index is 12.6.